The Morgan fingerprint density at radius 2 is 1.96 bits per heavy atom. The zero-order chi connectivity index (χ0) is 16.1. The lowest BCUT2D eigenvalue weighted by molar-refractivity contribution is -0.113. The van der Waals surface area contributed by atoms with Crippen LogP contribution in [0.4, 0.5) is 10.1 Å². The van der Waals surface area contributed by atoms with Gasteiger partial charge in [-0.2, -0.15) is 5.10 Å². The van der Waals surface area contributed by atoms with Gasteiger partial charge < -0.3 is 5.32 Å². The lowest BCUT2D eigenvalue weighted by Crippen LogP contribution is -2.15. The van der Waals surface area contributed by atoms with E-state index in [1.165, 1.54) is 23.9 Å². The standard InChI is InChI=1S/C17H14FN3OS/c18-13-6-4-5-12(9-13)15-10-17(21-20-15)23-11-16(22)19-14-7-2-1-3-8-14/h1-9H,10-11H2,(H,19,22). The van der Waals surface area contributed by atoms with Crippen LogP contribution < -0.4 is 5.32 Å². The van der Waals surface area contributed by atoms with Crippen LogP contribution in [0, 0.1) is 5.82 Å². The minimum Gasteiger partial charge on any atom is -0.325 e. The molecule has 0 bridgehead atoms. The molecule has 0 unspecified atom stereocenters. The maximum atomic E-state index is 13.2. The summed E-state index contributed by atoms with van der Waals surface area (Å²) in [7, 11) is 0. The molecule has 2 aromatic rings. The highest BCUT2D eigenvalue weighted by atomic mass is 32.2. The first kappa shape index (κ1) is 15.4. The number of hydrogen-bond acceptors (Lipinski definition) is 4. The number of benzene rings is 2. The van der Waals surface area contributed by atoms with Crippen LogP contribution in [-0.2, 0) is 4.79 Å². The van der Waals surface area contributed by atoms with Crippen LogP contribution in [0.3, 0.4) is 0 Å². The number of para-hydroxylation sites is 1. The molecule has 0 saturated carbocycles. The molecule has 1 aliphatic heterocycles. The van der Waals surface area contributed by atoms with Crippen molar-refractivity contribution in [1.82, 2.24) is 0 Å². The molecule has 0 radical (unpaired) electrons. The topological polar surface area (TPSA) is 53.8 Å². The molecule has 0 saturated heterocycles. The number of carbonyl (C=O) groups excluding carboxylic acids is 1. The summed E-state index contributed by atoms with van der Waals surface area (Å²) >= 11 is 1.34. The van der Waals surface area contributed by atoms with Gasteiger partial charge in [0.2, 0.25) is 5.91 Å². The van der Waals surface area contributed by atoms with Gasteiger partial charge in [-0.25, -0.2) is 4.39 Å². The molecule has 6 heteroatoms. The van der Waals surface area contributed by atoms with E-state index < -0.39 is 0 Å². The molecule has 1 heterocycles. The van der Waals surface area contributed by atoms with Crippen molar-refractivity contribution in [3.8, 4) is 0 Å². The van der Waals surface area contributed by atoms with E-state index in [4.69, 9.17) is 0 Å². The lowest BCUT2D eigenvalue weighted by Gasteiger charge is -2.04. The van der Waals surface area contributed by atoms with E-state index in [1.54, 1.807) is 12.1 Å². The fourth-order valence-electron chi connectivity index (χ4n) is 2.11. The molecular formula is C17H14FN3OS. The average Bonchev–Trinajstić information content (AvgIpc) is 3.03. The van der Waals surface area contributed by atoms with Crippen LogP contribution in [0.2, 0.25) is 0 Å². The number of nitrogens with one attached hydrogen (secondary N) is 1. The van der Waals surface area contributed by atoms with Crippen molar-refractivity contribution in [2.75, 3.05) is 11.1 Å². The highest BCUT2D eigenvalue weighted by Crippen LogP contribution is 2.19. The number of carbonyl (C=O) groups is 1. The molecule has 116 valence electrons. The van der Waals surface area contributed by atoms with Gasteiger partial charge in [0, 0.05) is 17.7 Å². The van der Waals surface area contributed by atoms with Crippen LogP contribution in [0.15, 0.2) is 64.8 Å². The average molecular weight is 327 g/mol. The van der Waals surface area contributed by atoms with Gasteiger partial charge in [-0.1, -0.05) is 42.1 Å². The summed E-state index contributed by atoms with van der Waals surface area (Å²) in [5.74, 6) is -0.128. The van der Waals surface area contributed by atoms with Crippen molar-refractivity contribution < 1.29 is 9.18 Å². The third-order valence-electron chi connectivity index (χ3n) is 3.19. The number of halogens is 1. The lowest BCUT2D eigenvalue weighted by atomic mass is 10.1. The van der Waals surface area contributed by atoms with Crippen molar-refractivity contribution >= 4 is 34.1 Å². The van der Waals surface area contributed by atoms with Crippen LogP contribution >= 0.6 is 11.8 Å². The summed E-state index contributed by atoms with van der Waals surface area (Å²) in [5.41, 5.74) is 2.21. The molecule has 2 aromatic carbocycles. The molecule has 0 aliphatic carbocycles. The molecule has 0 spiro atoms. The molecule has 3 rings (SSSR count). The van der Waals surface area contributed by atoms with Crippen LogP contribution in [-0.4, -0.2) is 22.4 Å². The minimum atomic E-state index is -0.298. The van der Waals surface area contributed by atoms with Crippen LogP contribution in [0.25, 0.3) is 0 Å². The highest BCUT2D eigenvalue weighted by Gasteiger charge is 2.16. The Balaban J connectivity index is 1.49. The highest BCUT2D eigenvalue weighted by molar-refractivity contribution is 8.14. The SMILES string of the molecule is O=C(CSC1=NN=C(c2cccc(F)c2)C1)Nc1ccccc1. The van der Waals surface area contributed by atoms with Crippen molar-refractivity contribution in [3.63, 3.8) is 0 Å². The number of thioether (sulfide) groups is 1. The van der Waals surface area contributed by atoms with Gasteiger partial charge in [-0.3, -0.25) is 4.79 Å². The zero-order valence-electron chi connectivity index (χ0n) is 12.2. The van der Waals surface area contributed by atoms with E-state index in [9.17, 15) is 9.18 Å². The van der Waals surface area contributed by atoms with Gasteiger partial charge in [0.1, 0.15) is 10.9 Å². The van der Waals surface area contributed by atoms with Gasteiger partial charge in [-0.05, 0) is 24.3 Å². The smallest absolute Gasteiger partial charge is 0.234 e. The summed E-state index contributed by atoms with van der Waals surface area (Å²) < 4.78 is 13.2. The fraction of sp³-hybridized carbons (Fsp3) is 0.118. The Kier molecular flexibility index (Phi) is 4.83. The number of nitrogens with zero attached hydrogens (tertiary/aromatic N) is 2. The van der Waals surface area contributed by atoms with E-state index in [-0.39, 0.29) is 17.5 Å². The van der Waals surface area contributed by atoms with E-state index in [0.29, 0.717) is 6.42 Å². The molecule has 1 aliphatic rings. The molecule has 4 nitrogen and oxygen atoms in total. The number of hydrogen-bond donors (Lipinski definition) is 1. The Bertz CT molecular complexity index is 774. The third kappa shape index (κ3) is 4.26. The Labute approximate surface area is 137 Å². The van der Waals surface area contributed by atoms with E-state index in [2.05, 4.69) is 15.5 Å². The number of amides is 1. The Morgan fingerprint density at radius 1 is 1.13 bits per heavy atom. The maximum absolute atomic E-state index is 13.2. The summed E-state index contributed by atoms with van der Waals surface area (Å²) in [5, 5.41) is 11.7. The summed E-state index contributed by atoms with van der Waals surface area (Å²) in [6, 6.07) is 15.6. The first-order valence-electron chi connectivity index (χ1n) is 7.08. The van der Waals surface area contributed by atoms with Gasteiger partial charge in [0.25, 0.3) is 0 Å². The third-order valence-corrected chi connectivity index (χ3v) is 4.15. The monoisotopic (exact) mass is 327 g/mol. The van der Waals surface area contributed by atoms with Gasteiger partial charge >= 0.3 is 0 Å². The van der Waals surface area contributed by atoms with E-state index in [1.807, 2.05) is 30.3 Å². The second-order valence-electron chi connectivity index (χ2n) is 4.93. The largest absolute Gasteiger partial charge is 0.325 e. The quantitative estimate of drug-likeness (QED) is 0.931. The predicted molar refractivity (Wildman–Crippen MR) is 92.5 cm³/mol. The zero-order valence-corrected chi connectivity index (χ0v) is 13.0. The molecule has 1 N–H and O–H groups in total. The van der Waals surface area contributed by atoms with Crippen molar-refractivity contribution in [2.24, 2.45) is 10.2 Å². The van der Waals surface area contributed by atoms with E-state index >= 15 is 0 Å². The summed E-state index contributed by atoms with van der Waals surface area (Å²) in [6.07, 6.45) is 0.521. The summed E-state index contributed by atoms with van der Waals surface area (Å²) in [6.45, 7) is 0. The number of rotatable bonds is 4. The Hall–Kier alpha value is -2.47. The second kappa shape index (κ2) is 7.19. The minimum absolute atomic E-state index is 0.0943. The number of anilines is 1. The molecule has 0 fully saturated rings. The molecule has 0 aromatic heterocycles. The normalized spacial score (nSPS) is 13.4. The second-order valence-corrected chi connectivity index (χ2v) is 5.98. The molecule has 0 atom stereocenters. The van der Waals surface area contributed by atoms with Gasteiger partial charge in [0.05, 0.1) is 11.5 Å². The van der Waals surface area contributed by atoms with Crippen LogP contribution in [0.1, 0.15) is 12.0 Å². The first-order chi connectivity index (χ1) is 11.2. The molecule has 1 amide bonds. The first-order valence-corrected chi connectivity index (χ1v) is 8.06. The van der Waals surface area contributed by atoms with Crippen molar-refractivity contribution in [2.45, 2.75) is 6.42 Å². The Morgan fingerprint density at radius 3 is 2.74 bits per heavy atom. The molecular weight excluding hydrogens is 313 g/mol. The van der Waals surface area contributed by atoms with Crippen LogP contribution in [0.5, 0.6) is 0 Å². The fourth-order valence-corrected chi connectivity index (χ4v) is 2.81. The van der Waals surface area contributed by atoms with Crippen molar-refractivity contribution in [1.29, 1.82) is 0 Å². The van der Waals surface area contributed by atoms with Gasteiger partial charge in [-0.15, -0.1) is 5.10 Å². The van der Waals surface area contributed by atoms with E-state index in [0.717, 1.165) is 22.0 Å². The van der Waals surface area contributed by atoms with Gasteiger partial charge in [0.15, 0.2) is 0 Å². The summed E-state index contributed by atoms with van der Waals surface area (Å²) in [4.78, 5) is 11.9. The molecule has 23 heavy (non-hydrogen) atoms. The van der Waals surface area contributed by atoms with Crippen molar-refractivity contribution in [3.05, 3.63) is 66.0 Å². The predicted octanol–water partition coefficient (Wildman–Crippen LogP) is 3.70. The maximum Gasteiger partial charge on any atom is 0.234 e.